The highest BCUT2D eigenvalue weighted by Gasteiger charge is 2.53. The van der Waals surface area contributed by atoms with Crippen LogP contribution in [-0.4, -0.2) is 4.68 Å². The molecule has 26 heavy (non-hydrogen) atoms. The van der Waals surface area contributed by atoms with Crippen LogP contribution in [0.2, 0.25) is 0 Å². The van der Waals surface area contributed by atoms with Gasteiger partial charge in [0.15, 0.2) is 7.05 Å². The molecule has 0 amide bonds. The Morgan fingerprint density at radius 2 is 1.88 bits per heavy atom. The van der Waals surface area contributed by atoms with Gasteiger partial charge in [-0.1, -0.05) is 38.6 Å². The number of aromatic nitrogens is 2. The molecular weight excluding hydrogens is 337 g/mol. The maximum atomic E-state index is 13.9. The number of allylic oxidation sites excluding steroid dienone is 1. The Morgan fingerprint density at radius 3 is 2.50 bits per heavy atom. The van der Waals surface area contributed by atoms with Gasteiger partial charge in [-0.15, -0.1) is 9.36 Å². The maximum Gasteiger partial charge on any atom is 0.480 e. The average molecular weight is 361 g/mol. The molecule has 1 aliphatic heterocycles. The molecule has 2 nitrogen and oxygen atoms in total. The Morgan fingerprint density at radius 1 is 1.19 bits per heavy atom. The summed E-state index contributed by atoms with van der Waals surface area (Å²) in [5.74, 6) is 0. The molecule has 2 heterocycles. The summed E-state index contributed by atoms with van der Waals surface area (Å²) in [7, 11) is 1.52. The molecule has 4 rings (SSSR count). The minimum absolute atomic E-state index is 0.334. The van der Waals surface area contributed by atoms with E-state index in [1.807, 2.05) is 0 Å². The summed E-state index contributed by atoms with van der Waals surface area (Å²) < 4.78 is 44.8. The number of hydrogen-bond donors (Lipinski definition) is 0. The van der Waals surface area contributed by atoms with Crippen molar-refractivity contribution in [2.45, 2.75) is 57.5 Å². The number of rotatable bonds is 2. The largest absolute Gasteiger partial charge is 0.480 e. The van der Waals surface area contributed by atoms with Crippen LogP contribution in [0.25, 0.3) is 17.0 Å². The van der Waals surface area contributed by atoms with Crippen LogP contribution in [0.1, 0.15) is 55.5 Å². The molecule has 0 N–H and O–H groups in total. The first-order chi connectivity index (χ1) is 12.3. The molecule has 0 fully saturated rings. The number of alkyl halides is 3. The normalized spacial score (nSPS) is 17.8. The van der Waals surface area contributed by atoms with Crippen LogP contribution in [0.5, 0.6) is 0 Å². The third-order valence-corrected chi connectivity index (χ3v) is 6.47. The molecule has 0 bridgehead atoms. The van der Waals surface area contributed by atoms with Gasteiger partial charge >= 0.3 is 11.9 Å². The molecule has 0 atom stereocenters. The van der Waals surface area contributed by atoms with E-state index >= 15 is 0 Å². The monoisotopic (exact) mass is 361 g/mol. The highest BCUT2D eigenvalue weighted by molar-refractivity contribution is 5.83. The van der Waals surface area contributed by atoms with E-state index in [9.17, 15) is 13.2 Å². The summed E-state index contributed by atoms with van der Waals surface area (Å²) in [4.78, 5) is 0. The molecule has 5 heteroatoms. The van der Waals surface area contributed by atoms with Crippen molar-refractivity contribution in [1.82, 2.24) is 4.68 Å². The van der Waals surface area contributed by atoms with Crippen molar-refractivity contribution in [3.05, 3.63) is 47.2 Å². The summed E-state index contributed by atoms with van der Waals surface area (Å²) in [5.41, 5.74) is 4.35. The molecule has 0 saturated heterocycles. The fourth-order valence-corrected chi connectivity index (χ4v) is 5.19. The minimum Gasteiger partial charge on any atom is -0.161 e. The van der Waals surface area contributed by atoms with Crippen molar-refractivity contribution in [3.8, 4) is 11.3 Å². The van der Waals surface area contributed by atoms with Crippen molar-refractivity contribution in [2.24, 2.45) is 7.05 Å². The molecule has 2 aliphatic rings. The Bertz CT molecular complexity index is 914. The lowest BCUT2D eigenvalue weighted by molar-refractivity contribution is -0.758. The number of halogens is 3. The molecule has 2 aromatic rings. The summed E-state index contributed by atoms with van der Waals surface area (Å²) in [6, 6.07) is 6.22. The number of benzene rings is 1. The van der Waals surface area contributed by atoms with E-state index in [0.717, 1.165) is 48.1 Å². The van der Waals surface area contributed by atoms with E-state index in [2.05, 4.69) is 38.6 Å². The van der Waals surface area contributed by atoms with Crippen LogP contribution < -0.4 is 4.68 Å². The van der Waals surface area contributed by atoms with Crippen LogP contribution in [0, 0.1) is 0 Å². The summed E-state index contributed by atoms with van der Waals surface area (Å²) >= 11 is 0. The topological polar surface area (TPSA) is 8.81 Å². The third kappa shape index (κ3) is 1.97. The first-order valence-corrected chi connectivity index (χ1v) is 9.31. The summed E-state index contributed by atoms with van der Waals surface area (Å²) in [6.45, 7) is 8.51. The smallest absolute Gasteiger partial charge is 0.161 e. The highest BCUT2D eigenvalue weighted by Crippen LogP contribution is 2.53. The van der Waals surface area contributed by atoms with E-state index in [0.29, 0.717) is 17.7 Å². The third-order valence-electron chi connectivity index (χ3n) is 6.47. The molecule has 0 unspecified atom stereocenters. The van der Waals surface area contributed by atoms with E-state index < -0.39 is 11.9 Å². The van der Waals surface area contributed by atoms with Gasteiger partial charge in [0.2, 0.25) is 0 Å². The maximum absolute atomic E-state index is 13.9. The summed E-state index contributed by atoms with van der Waals surface area (Å²) in [6.07, 6.45) is -0.768. The SMILES string of the molecule is C=C1n2c3c(c(C(F)(F)F)[n+]2C)CCCc2cccc(c2-3)C1(CC)CC. The van der Waals surface area contributed by atoms with E-state index in [1.54, 1.807) is 4.68 Å². The van der Waals surface area contributed by atoms with Gasteiger partial charge < -0.3 is 0 Å². The second-order valence-corrected chi connectivity index (χ2v) is 7.44. The number of hydrogen-bond acceptors (Lipinski definition) is 0. The van der Waals surface area contributed by atoms with Gasteiger partial charge in [-0.05, 0) is 43.2 Å². The first-order valence-electron chi connectivity index (χ1n) is 9.31. The fourth-order valence-electron chi connectivity index (χ4n) is 5.19. The molecular formula is C21H24F3N2+. The Labute approximate surface area is 151 Å². The lowest BCUT2D eigenvalue weighted by Crippen LogP contribution is -2.49. The molecule has 0 radical (unpaired) electrons. The fraction of sp³-hybridized carbons (Fsp3) is 0.476. The number of aryl methyl sites for hydroxylation is 1. The predicted octanol–water partition coefficient (Wildman–Crippen LogP) is 5.03. The predicted molar refractivity (Wildman–Crippen MR) is 95.7 cm³/mol. The van der Waals surface area contributed by atoms with Crippen molar-refractivity contribution < 1.29 is 17.9 Å². The van der Waals surface area contributed by atoms with Gasteiger partial charge in [0.25, 0.3) is 0 Å². The Hall–Kier alpha value is -2.04. The molecule has 1 aromatic heterocycles. The van der Waals surface area contributed by atoms with E-state index in [4.69, 9.17) is 0 Å². The second kappa shape index (κ2) is 5.48. The number of nitrogens with zero attached hydrogens (tertiary/aromatic N) is 2. The van der Waals surface area contributed by atoms with E-state index in [1.165, 1.54) is 11.7 Å². The minimum atomic E-state index is -4.38. The van der Waals surface area contributed by atoms with E-state index in [-0.39, 0.29) is 5.41 Å². The van der Waals surface area contributed by atoms with Gasteiger partial charge in [-0.25, -0.2) is 0 Å². The van der Waals surface area contributed by atoms with Crippen LogP contribution >= 0.6 is 0 Å². The molecule has 0 saturated carbocycles. The lowest BCUT2D eigenvalue weighted by Gasteiger charge is -2.39. The van der Waals surface area contributed by atoms with Crippen LogP contribution in [-0.2, 0) is 31.5 Å². The van der Waals surface area contributed by atoms with Gasteiger partial charge in [-0.3, -0.25) is 0 Å². The zero-order valence-corrected chi connectivity index (χ0v) is 15.5. The molecule has 1 aromatic carbocycles. The summed E-state index contributed by atoms with van der Waals surface area (Å²) in [5, 5.41) is 0. The highest BCUT2D eigenvalue weighted by atomic mass is 19.4. The zero-order valence-electron chi connectivity index (χ0n) is 15.5. The van der Waals surface area contributed by atoms with Gasteiger partial charge in [0, 0.05) is 11.0 Å². The molecule has 0 spiro atoms. The Kier molecular flexibility index (Phi) is 3.66. The van der Waals surface area contributed by atoms with Gasteiger partial charge in [-0.2, -0.15) is 13.2 Å². The van der Waals surface area contributed by atoms with Crippen molar-refractivity contribution in [2.75, 3.05) is 0 Å². The van der Waals surface area contributed by atoms with Crippen LogP contribution in [0.3, 0.4) is 0 Å². The van der Waals surface area contributed by atoms with Crippen molar-refractivity contribution in [1.29, 1.82) is 0 Å². The Balaban J connectivity index is 2.20. The van der Waals surface area contributed by atoms with Gasteiger partial charge in [0.1, 0.15) is 5.69 Å². The first kappa shape index (κ1) is 17.4. The average Bonchev–Trinajstić information content (AvgIpc) is 2.76. The molecule has 138 valence electrons. The second-order valence-electron chi connectivity index (χ2n) is 7.44. The van der Waals surface area contributed by atoms with Crippen LogP contribution in [0.4, 0.5) is 13.2 Å². The van der Waals surface area contributed by atoms with Crippen molar-refractivity contribution >= 4 is 5.70 Å². The van der Waals surface area contributed by atoms with Crippen LogP contribution in [0.15, 0.2) is 24.8 Å². The van der Waals surface area contributed by atoms with Gasteiger partial charge in [0.05, 0.1) is 11.3 Å². The quantitative estimate of drug-likeness (QED) is 0.664. The van der Waals surface area contributed by atoms with Crippen molar-refractivity contribution in [3.63, 3.8) is 0 Å². The molecule has 1 aliphatic carbocycles. The lowest BCUT2D eigenvalue weighted by atomic mass is 9.68. The standard InChI is InChI=1S/C21H24F3N2/c1-5-20(6-2)13(3)26-18-15(19(25(26)4)21(22,23)24)11-7-9-14-10-8-12-16(20)17(14)18/h8,10,12H,3,5-7,9,11H2,1-2,4H3/q+1. The zero-order chi connectivity index (χ0) is 18.9.